The lowest BCUT2D eigenvalue weighted by Crippen LogP contribution is -2.43. The summed E-state index contributed by atoms with van der Waals surface area (Å²) in [6, 6.07) is 7.38. The van der Waals surface area contributed by atoms with Crippen molar-refractivity contribution in [2.45, 2.75) is 0 Å². The van der Waals surface area contributed by atoms with Gasteiger partial charge < -0.3 is 15.5 Å². The fourth-order valence-corrected chi connectivity index (χ4v) is 2.78. The number of nitro benzene ring substituents is 1. The number of benzene rings is 1. The van der Waals surface area contributed by atoms with Gasteiger partial charge in [0.15, 0.2) is 0 Å². The minimum Gasteiger partial charge on any atom is -0.368 e. The first-order valence-electron chi connectivity index (χ1n) is 7.71. The molecule has 1 aromatic heterocycles. The van der Waals surface area contributed by atoms with Crippen molar-refractivity contribution in [2.75, 3.05) is 36.4 Å². The van der Waals surface area contributed by atoms with E-state index in [1.807, 2.05) is 6.07 Å². The Kier molecular flexibility index (Phi) is 6.73. The molecule has 1 amide bonds. The van der Waals surface area contributed by atoms with Crippen LogP contribution >= 0.6 is 24.0 Å². The predicted molar refractivity (Wildman–Crippen MR) is 103 cm³/mol. The van der Waals surface area contributed by atoms with Gasteiger partial charge in [0.25, 0.3) is 11.6 Å². The SMILES string of the molecule is Cl.O=C(Nc1ccc(N2CCNCC2)cn1)c1cc(Cl)ccc1[N+](=O)[O-]. The van der Waals surface area contributed by atoms with Crippen LogP contribution in [0.1, 0.15) is 10.4 Å². The van der Waals surface area contributed by atoms with Crippen molar-refractivity contribution >= 4 is 47.1 Å². The zero-order valence-corrected chi connectivity index (χ0v) is 15.2. The highest BCUT2D eigenvalue weighted by Crippen LogP contribution is 2.24. The van der Waals surface area contributed by atoms with E-state index >= 15 is 0 Å². The summed E-state index contributed by atoms with van der Waals surface area (Å²) in [5.41, 5.74) is 0.554. The lowest BCUT2D eigenvalue weighted by Gasteiger charge is -2.29. The van der Waals surface area contributed by atoms with Gasteiger partial charge in [-0.15, -0.1) is 12.4 Å². The van der Waals surface area contributed by atoms with Crippen molar-refractivity contribution in [3.63, 3.8) is 0 Å². The van der Waals surface area contributed by atoms with E-state index in [9.17, 15) is 14.9 Å². The number of piperazine rings is 1. The van der Waals surface area contributed by atoms with Gasteiger partial charge in [-0.25, -0.2) is 4.98 Å². The number of nitrogens with one attached hydrogen (secondary N) is 2. The van der Waals surface area contributed by atoms with E-state index in [2.05, 4.69) is 20.5 Å². The second-order valence-corrected chi connectivity index (χ2v) is 5.95. The molecule has 3 rings (SSSR count). The largest absolute Gasteiger partial charge is 0.368 e. The molecule has 10 heteroatoms. The van der Waals surface area contributed by atoms with Crippen molar-refractivity contribution in [1.82, 2.24) is 10.3 Å². The number of carbonyl (C=O) groups excluding carboxylic acids is 1. The molecule has 1 aliphatic rings. The number of rotatable bonds is 4. The third-order valence-electron chi connectivity index (χ3n) is 3.87. The fourth-order valence-electron chi connectivity index (χ4n) is 2.60. The number of nitro groups is 1. The number of hydrogen-bond acceptors (Lipinski definition) is 6. The molecule has 0 aliphatic carbocycles. The molecule has 1 aromatic carbocycles. The van der Waals surface area contributed by atoms with Crippen LogP contribution in [0.4, 0.5) is 17.2 Å². The fraction of sp³-hybridized carbons (Fsp3) is 0.250. The summed E-state index contributed by atoms with van der Waals surface area (Å²) in [6.45, 7) is 3.61. The molecule has 2 aromatic rings. The molecule has 1 fully saturated rings. The summed E-state index contributed by atoms with van der Waals surface area (Å²) >= 11 is 5.85. The normalized spacial score (nSPS) is 13.7. The van der Waals surface area contributed by atoms with Gasteiger partial charge in [0.2, 0.25) is 0 Å². The molecule has 0 atom stereocenters. The van der Waals surface area contributed by atoms with E-state index in [1.165, 1.54) is 18.2 Å². The maximum atomic E-state index is 12.3. The van der Waals surface area contributed by atoms with E-state index in [0.717, 1.165) is 31.9 Å². The Labute approximate surface area is 161 Å². The lowest BCUT2D eigenvalue weighted by molar-refractivity contribution is -0.385. The number of halogens is 2. The molecule has 0 spiro atoms. The lowest BCUT2D eigenvalue weighted by atomic mass is 10.1. The summed E-state index contributed by atoms with van der Waals surface area (Å²) in [5.74, 6) is -0.310. The van der Waals surface area contributed by atoms with Crippen molar-refractivity contribution in [1.29, 1.82) is 0 Å². The average molecular weight is 398 g/mol. The van der Waals surface area contributed by atoms with Crippen LogP contribution in [0.3, 0.4) is 0 Å². The number of hydrogen-bond donors (Lipinski definition) is 2. The van der Waals surface area contributed by atoms with E-state index in [0.29, 0.717) is 5.82 Å². The highest BCUT2D eigenvalue weighted by molar-refractivity contribution is 6.31. The molecule has 2 N–H and O–H groups in total. The third-order valence-corrected chi connectivity index (χ3v) is 4.11. The zero-order chi connectivity index (χ0) is 17.8. The summed E-state index contributed by atoms with van der Waals surface area (Å²) < 4.78 is 0. The number of pyridine rings is 1. The summed E-state index contributed by atoms with van der Waals surface area (Å²) in [7, 11) is 0. The Morgan fingerprint density at radius 1 is 1.27 bits per heavy atom. The smallest absolute Gasteiger partial charge is 0.282 e. The Morgan fingerprint density at radius 2 is 2.00 bits per heavy atom. The average Bonchev–Trinajstić information content (AvgIpc) is 2.62. The Bertz CT molecular complexity index is 795. The summed E-state index contributed by atoms with van der Waals surface area (Å²) in [6.07, 6.45) is 1.67. The van der Waals surface area contributed by atoms with Gasteiger partial charge >= 0.3 is 0 Å². The molecule has 0 bridgehead atoms. The summed E-state index contributed by atoms with van der Waals surface area (Å²) in [5, 5.41) is 17.2. The minimum absolute atomic E-state index is 0. The van der Waals surface area contributed by atoms with Crippen molar-refractivity contribution < 1.29 is 9.72 Å². The first kappa shape index (κ1) is 19.9. The quantitative estimate of drug-likeness (QED) is 0.607. The zero-order valence-electron chi connectivity index (χ0n) is 13.6. The number of nitrogens with zero attached hydrogens (tertiary/aromatic N) is 3. The first-order chi connectivity index (χ1) is 12.0. The highest BCUT2D eigenvalue weighted by Gasteiger charge is 2.21. The Balaban J connectivity index is 0.00000243. The maximum Gasteiger partial charge on any atom is 0.282 e. The Hall–Kier alpha value is -2.42. The molecule has 2 heterocycles. The third kappa shape index (κ3) is 4.60. The molecule has 0 radical (unpaired) electrons. The van der Waals surface area contributed by atoms with Gasteiger partial charge in [0.1, 0.15) is 11.4 Å². The first-order valence-corrected chi connectivity index (χ1v) is 8.09. The topological polar surface area (TPSA) is 100 Å². The van der Waals surface area contributed by atoms with Gasteiger partial charge in [-0.3, -0.25) is 14.9 Å². The molecular formula is C16H17Cl2N5O3. The van der Waals surface area contributed by atoms with Gasteiger partial charge in [-0.1, -0.05) is 11.6 Å². The second kappa shape index (κ2) is 8.79. The predicted octanol–water partition coefficient (Wildman–Crippen LogP) is 2.73. The molecule has 0 saturated carbocycles. The number of amides is 1. The van der Waals surface area contributed by atoms with Crippen LogP contribution in [0.2, 0.25) is 5.02 Å². The van der Waals surface area contributed by atoms with Crippen LogP contribution < -0.4 is 15.5 Å². The molecule has 26 heavy (non-hydrogen) atoms. The number of carbonyl (C=O) groups is 1. The van der Waals surface area contributed by atoms with Crippen LogP contribution in [0, 0.1) is 10.1 Å². The van der Waals surface area contributed by atoms with Crippen molar-refractivity contribution in [3.05, 3.63) is 57.2 Å². The van der Waals surface area contributed by atoms with Crippen LogP contribution in [0.5, 0.6) is 0 Å². The van der Waals surface area contributed by atoms with E-state index in [-0.39, 0.29) is 28.7 Å². The van der Waals surface area contributed by atoms with Crippen molar-refractivity contribution in [2.24, 2.45) is 0 Å². The molecule has 138 valence electrons. The standard InChI is InChI=1S/C16H16ClN5O3.ClH/c17-11-1-3-14(22(24)25)13(9-11)16(23)20-15-4-2-12(10-19-15)21-7-5-18-6-8-21;/h1-4,9-10,18H,5-8H2,(H,19,20,23);1H. The van der Waals surface area contributed by atoms with Gasteiger partial charge in [-0.2, -0.15) is 0 Å². The summed E-state index contributed by atoms with van der Waals surface area (Å²) in [4.78, 5) is 29.2. The van der Waals surface area contributed by atoms with Gasteiger partial charge in [0.05, 0.1) is 16.8 Å². The molecule has 1 saturated heterocycles. The van der Waals surface area contributed by atoms with Crippen LogP contribution in [-0.4, -0.2) is 42.0 Å². The second-order valence-electron chi connectivity index (χ2n) is 5.51. The van der Waals surface area contributed by atoms with Crippen LogP contribution in [-0.2, 0) is 0 Å². The van der Waals surface area contributed by atoms with E-state index in [1.54, 1.807) is 12.3 Å². The number of anilines is 2. The van der Waals surface area contributed by atoms with Gasteiger partial charge in [0, 0.05) is 37.3 Å². The maximum absolute atomic E-state index is 12.3. The highest BCUT2D eigenvalue weighted by atomic mass is 35.5. The van der Waals surface area contributed by atoms with Crippen LogP contribution in [0.15, 0.2) is 36.5 Å². The molecule has 1 aliphatic heterocycles. The van der Waals surface area contributed by atoms with E-state index < -0.39 is 10.8 Å². The monoisotopic (exact) mass is 397 g/mol. The minimum atomic E-state index is -0.628. The molecule has 0 unspecified atom stereocenters. The molecule has 8 nitrogen and oxygen atoms in total. The molecular weight excluding hydrogens is 381 g/mol. The van der Waals surface area contributed by atoms with Crippen LogP contribution in [0.25, 0.3) is 0 Å². The van der Waals surface area contributed by atoms with Crippen molar-refractivity contribution in [3.8, 4) is 0 Å². The number of aromatic nitrogens is 1. The van der Waals surface area contributed by atoms with Gasteiger partial charge in [-0.05, 0) is 24.3 Å². The Morgan fingerprint density at radius 3 is 2.62 bits per heavy atom. The van der Waals surface area contributed by atoms with E-state index in [4.69, 9.17) is 11.6 Å².